The molecule has 0 unspecified atom stereocenters. The van der Waals surface area contributed by atoms with Crippen molar-refractivity contribution < 1.29 is 14.6 Å². The average molecular weight is 342 g/mol. The average Bonchev–Trinajstić information content (AvgIpc) is 2.65. The number of aliphatic hydroxyl groups excluding tert-OH is 1. The Hall–Kier alpha value is -1.68. The summed E-state index contributed by atoms with van der Waals surface area (Å²) < 4.78 is 11.5. The number of hydrogen-bond acceptors (Lipinski definition) is 3. The van der Waals surface area contributed by atoms with Crippen LogP contribution < -0.4 is 0 Å². The Kier molecular flexibility index (Phi) is 9.27. The van der Waals surface area contributed by atoms with Crippen LogP contribution in [0.25, 0.3) is 0 Å². The number of benzene rings is 2. The summed E-state index contributed by atoms with van der Waals surface area (Å²) in [7, 11) is 0. The van der Waals surface area contributed by atoms with Gasteiger partial charge < -0.3 is 14.6 Å². The molecule has 136 valence electrons. The summed E-state index contributed by atoms with van der Waals surface area (Å²) in [6.45, 7) is 3.95. The molecular weight excluding hydrogens is 312 g/mol. The fourth-order valence-electron chi connectivity index (χ4n) is 2.66. The normalized spacial score (nSPS) is 13.5. The third-order valence-electron chi connectivity index (χ3n) is 4.23. The zero-order chi connectivity index (χ0) is 17.7. The standard InChI is InChI=1S/C22H30O3/c1-19(25-18-21-12-6-3-7-13-21)9-8-14-22(23)15-16-24-17-20-10-4-2-5-11-20/h2-7,10-13,19,22-23H,8-9,14-18H2,1H3/t19-,22-/m1/s1. The Balaban J connectivity index is 1.48. The molecule has 0 fully saturated rings. The van der Waals surface area contributed by atoms with Crippen molar-refractivity contribution in [3.63, 3.8) is 0 Å². The van der Waals surface area contributed by atoms with Gasteiger partial charge in [-0.15, -0.1) is 0 Å². The number of aliphatic hydroxyl groups is 1. The molecule has 3 heteroatoms. The van der Waals surface area contributed by atoms with E-state index in [0.29, 0.717) is 26.2 Å². The fraction of sp³-hybridized carbons (Fsp3) is 0.455. The number of hydrogen-bond donors (Lipinski definition) is 1. The molecule has 2 rings (SSSR count). The predicted molar refractivity (Wildman–Crippen MR) is 101 cm³/mol. The van der Waals surface area contributed by atoms with Gasteiger partial charge in [0.1, 0.15) is 0 Å². The zero-order valence-electron chi connectivity index (χ0n) is 15.1. The topological polar surface area (TPSA) is 38.7 Å². The van der Waals surface area contributed by atoms with Gasteiger partial charge in [-0.2, -0.15) is 0 Å². The molecule has 0 bridgehead atoms. The Bertz CT molecular complexity index is 556. The first-order valence-electron chi connectivity index (χ1n) is 9.19. The lowest BCUT2D eigenvalue weighted by Gasteiger charge is -2.15. The monoisotopic (exact) mass is 342 g/mol. The van der Waals surface area contributed by atoms with Crippen LogP contribution in [-0.4, -0.2) is 23.9 Å². The molecule has 0 radical (unpaired) electrons. The fourth-order valence-corrected chi connectivity index (χ4v) is 2.66. The van der Waals surface area contributed by atoms with E-state index in [0.717, 1.165) is 19.3 Å². The van der Waals surface area contributed by atoms with E-state index >= 15 is 0 Å². The van der Waals surface area contributed by atoms with Crippen LogP contribution in [0.15, 0.2) is 60.7 Å². The second kappa shape index (κ2) is 11.8. The van der Waals surface area contributed by atoms with Gasteiger partial charge in [0.15, 0.2) is 0 Å². The molecule has 3 nitrogen and oxygen atoms in total. The van der Waals surface area contributed by atoms with E-state index in [9.17, 15) is 5.11 Å². The van der Waals surface area contributed by atoms with Crippen LogP contribution in [0.5, 0.6) is 0 Å². The lowest BCUT2D eigenvalue weighted by molar-refractivity contribution is 0.0390. The van der Waals surface area contributed by atoms with Gasteiger partial charge in [-0.1, -0.05) is 60.7 Å². The second-order valence-electron chi connectivity index (χ2n) is 6.52. The first-order chi connectivity index (χ1) is 12.2. The quantitative estimate of drug-likeness (QED) is 0.567. The van der Waals surface area contributed by atoms with E-state index in [-0.39, 0.29) is 12.2 Å². The van der Waals surface area contributed by atoms with E-state index in [1.807, 2.05) is 48.5 Å². The minimum Gasteiger partial charge on any atom is -0.393 e. The van der Waals surface area contributed by atoms with E-state index < -0.39 is 0 Å². The molecule has 0 aliphatic carbocycles. The number of ether oxygens (including phenoxy) is 2. The van der Waals surface area contributed by atoms with E-state index in [4.69, 9.17) is 9.47 Å². The van der Waals surface area contributed by atoms with Crippen molar-refractivity contribution in [3.8, 4) is 0 Å². The Labute approximate surface area is 151 Å². The van der Waals surface area contributed by atoms with Gasteiger partial charge in [-0.3, -0.25) is 0 Å². The molecule has 0 aromatic heterocycles. The molecule has 0 aliphatic heterocycles. The molecule has 0 heterocycles. The molecule has 0 amide bonds. The number of rotatable bonds is 12. The molecule has 0 saturated carbocycles. The summed E-state index contributed by atoms with van der Waals surface area (Å²) in [6.07, 6.45) is 3.34. The molecule has 0 spiro atoms. The van der Waals surface area contributed by atoms with Crippen LogP contribution in [0.1, 0.15) is 43.7 Å². The molecule has 0 saturated heterocycles. The largest absolute Gasteiger partial charge is 0.393 e. The van der Waals surface area contributed by atoms with Gasteiger partial charge >= 0.3 is 0 Å². The van der Waals surface area contributed by atoms with E-state index in [2.05, 4.69) is 19.1 Å². The maximum absolute atomic E-state index is 10.0. The van der Waals surface area contributed by atoms with Crippen LogP contribution in [0, 0.1) is 0 Å². The molecule has 1 N–H and O–H groups in total. The van der Waals surface area contributed by atoms with Gasteiger partial charge in [0, 0.05) is 6.61 Å². The second-order valence-corrected chi connectivity index (χ2v) is 6.52. The van der Waals surface area contributed by atoms with Crippen molar-refractivity contribution in [2.24, 2.45) is 0 Å². The smallest absolute Gasteiger partial charge is 0.0720 e. The summed E-state index contributed by atoms with van der Waals surface area (Å²) in [6, 6.07) is 20.3. The summed E-state index contributed by atoms with van der Waals surface area (Å²) in [5.74, 6) is 0. The van der Waals surface area contributed by atoms with Crippen molar-refractivity contribution in [3.05, 3.63) is 71.8 Å². The third kappa shape index (κ3) is 8.82. The molecule has 25 heavy (non-hydrogen) atoms. The Morgan fingerprint density at radius 1 is 0.800 bits per heavy atom. The van der Waals surface area contributed by atoms with Crippen LogP contribution in [0.2, 0.25) is 0 Å². The first kappa shape index (κ1) is 19.6. The van der Waals surface area contributed by atoms with Crippen LogP contribution in [0.4, 0.5) is 0 Å². The predicted octanol–water partition coefficient (Wildman–Crippen LogP) is 4.73. The van der Waals surface area contributed by atoms with E-state index in [1.54, 1.807) is 0 Å². The van der Waals surface area contributed by atoms with Gasteiger partial charge in [0.05, 0.1) is 25.4 Å². The van der Waals surface area contributed by atoms with Gasteiger partial charge in [-0.05, 0) is 43.7 Å². The molecular formula is C22H30O3. The summed E-state index contributed by atoms with van der Waals surface area (Å²) >= 11 is 0. The van der Waals surface area contributed by atoms with Crippen LogP contribution in [-0.2, 0) is 22.7 Å². The van der Waals surface area contributed by atoms with Crippen molar-refractivity contribution in [1.29, 1.82) is 0 Å². The Morgan fingerprint density at radius 3 is 2.04 bits per heavy atom. The van der Waals surface area contributed by atoms with Crippen molar-refractivity contribution >= 4 is 0 Å². The first-order valence-corrected chi connectivity index (χ1v) is 9.19. The maximum Gasteiger partial charge on any atom is 0.0720 e. The highest BCUT2D eigenvalue weighted by Crippen LogP contribution is 2.11. The summed E-state index contributed by atoms with van der Waals surface area (Å²) in [4.78, 5) is 0. The third-order valence-corrected chi connectivity index (χ3v) is 4.23. The van der Waals surface area contributed by atoms with Gasteiger partial charge in [0.2, 0.25) is 0 Å². The molecule has 2 aromatic rings. The maximum atomic E-state index is 10.0. The summed E-state index contributed by atoms with van der Waals surface area (Å²) in [5, 5.41) is 10.0. The minimum atomic E-state index is -0.294. The van der Waals surface area contributed by atoms with Crippen LogP contribution >= 0.6 is 0 Å². The molecule has 0 aliphatic rings. The highest BCUT2D eigenvalue weighted by molar-refractivity contribution is 5.14. The van der Waals surface area contributed by atoms with Crippen molar-refractivity contribution in [2.75, 3.05) is 6.61 Å². The lowest BCUT2D eigenvalue weighted by Crippen LogP contribution is -2.13. The molecule has 2 atom stereocenters. The van der Waals surface area contributed by atoms with Gasteiger partial charge in [-0.25, -0.2) is 0 Å². The molecule has 2 aromatic carbocycles. The zero-order valence-corrected chi connectivity index (χ0v) is 15.1. The highest BCUT2D eigenvalue weighted by atomic mass is 16.5. The van der Waals surface area contributed by atoms with Crippen molar-refractivity contribution in [2.45, 2.75) is 58.0 Å². The minimum absolute atomic E-state index is 0.210. The lowest BCUT2D eigenvalue weighted by atomic mass is 10.1. The summed E-state index contributed by atoms with van der Waals surface area (Å²) in [5.41, 5.74) is 2.37. The van der Waals surface area contributed by atoms with Crippen LogP contribution in [0.3, 0.4) is 0 Å². The SMILES string of the molecule is C[C@H](CCC[C@@H](O)CCOCc1ccccc1)OCc1ccccc1. The Morgan fingerprint density at radius 2 is 1.40 bits per heavy atom. The van der Waals surface area contributed by atoms with Gasteiger partial charge in [0.25, 0.3) is 0 Å². The highest BCUT2D eigenvalue weighted by Gasteiger charge is 2.07. The van der Waals surface area contributed by atoms with E-state index in [1.165, 1.54) is 11.1 Å². The van der Waals surface area contributed by atoms with Crippen molar-refractivity contribution in [1.82, 2.24) is 0 Å².